The van der Waals surface area contributed by atoms with Crippen molar-refractivity contribution in [1.29, 1.82) is 5.26 Å². The number of ether oxygens (including phenoxy) is 1. The Morgan fingerprint density at radius 3 is 2.93 bits per heavy atom. The second kappa shape index (κ2) is 7.12. The van der Waals surface area contributed by atoms with Crippen LogP contribution in [0.5, 0.6) is 5.88 Å². The van der Waals surface area contributed by atoms with Crippen molar-refractivity contribution in [3.05, 3.63) is 47.9 Å². The SMILES string of the molecule is CC(C)(C)c1cn2nc(OCC3CCN(c4ncccc4C#N)C3)ccc2n1. The second-order valence-electron chi connectivity index (χ2n) is 8.25. The van der Waals surface area contributed by atoms with Gasteiger partial charge in [0.25, 0.3) is 0 Å². The predicted molar refractivity (Wildman–Crippen MR) is 106 cm³/mol. The molecule has 0 aromatic carbocycles. The van der Waals surface area contributed by atoms with Crippen LogP contribution < -0.4 is 9.64 Å². The third-order valence-electron chi connectivity index (χ3n) is 5.02. The van der Waals surface area contributed by atoms with Crippen LogP contribution in [0.3, 0.4) is 0 Å². The molecule has 1 unspecified atom stereocenters. The van der Waals surface area contributed by atoms with E-state index in [1.807, 2.05) is 24.4 Å². The summed E-state index contributed by atoms with van der Waals surface area (Å²) in [6, 6.07) is 9.63. The minimum atomic E-state index is -0.0181. The second-order valence-corrected chi connectivity index (χ2v) is 8.25. The zero-order chi connectivity index (χ0) is 19.7. The van der Waals surface area contributed by atoms with Gasteiger partial charge in [-0.05, 0) is 24.6 Å². The van der Waals surface area contributed by atoms with Crippen LogP contribution in [0.1, 0.15) is 38.4 Å². The van der Waals surface area contributed by atoms with Crippen molar-refractivity contribution in [1.82, 2.24) is 19.6 Å². The van der Waals surface area contributed by atoms with E-state index in [0.717, 1.165) is 36.7 Å². The summed E-state index contributed by atoms with van der Waals surface area (Å²) in [5.41, 5.74) is 2.43. The Balaban J connectivity index is 1.40. The van der Waals surface area contributed by atoms with E-state index in [2.05, 4.69) is 46.8 Å². The van der Waals surface area contributed by atoms with E-state index < -0.39 is 0 Å². The highest BCUT2D eigenvalue weighted by Crippen LogP contribution is 2.26. The number of hydrogen-bond acceptors (Lipinski definition) is 6. The van der Waals surface area contributed by atoms with Gasteiger partial charge in [-0.2, -0.15) is 5.26 Å². The number of fused-ring (bicyclic) bond motifs is 1. The predicted octanol–water partition coefficient (Wildman–Crippen LogP) is 3.20. The van der Waals surface area contributed by atoms with E-state index in [0.29, 0.717) is 24.0 Å². The summed E-state index contributed by atoms with van der Waals surface area (Å²) in [7, 11) is 0. The van der Waals surface area contributed by atoms with Crippen molar-refractivity contribution >= 4 is 11.5 Å². The number of anilines is 1. The van der Waals surface area contributed by atoms with Crippen molar-refractivity contribution in [2.45, 2.75) is 32.6 Å². The number of imidazole rings is 1. The summed E-state index contributed by atoms with van der Waals surface area (Å²) >= 11 is 0. The molecule has 0 N–H and O–H groups in total. The highest BCUT2D eigenvalue weighted by Gasteiger charge is 2.26. The molecule has 0 saturated carbocycles. The summed E-state index contributed by atoms with van der Waals surface area (Å²) < 4.78 is 7.74. The molecule has 0 radical (unpaired) electrons. The summed E-state index contributed by atoms with van der Waals surface area (Å²) in [5.74, 6) is 1.73. The quantitative estimate of drug-likeness (QED) is 0.696. The Bertz CT molecular complexity index is 1030. The number of hydrogen-bond donors (Lipinski definition) is 0. The minimum Gasteiger partial charge on any atom is -0.476 e. The topological polar surface area (TPSA) is 79.3 Å². The van der Waals surface area contributed by atoms with E-state index in [1.165, 1.54) is 0 Å². The number of aromatic nitrogens is 4. The van der Waals surface area contributed by atoms with Gasteiger partial charge in [0.1, 0.15) is 11.9 Å². The van der Waals surface area contributed by atoms with Crippen molar-refractivity contribution < 1.29 is 4.74 Å². The van der Waals surface area contributed by atoms with E-state index in [1.54, 1.807) is 16.8 Å². The van der Waals surface area contributed by atoms with Crippen LogP contribution in [0.25, 0.3) is 5.65 Å². The van der Waals surface area contributed by atoms with E-state index in [4.69, 9.17) is 4.74 Å². The van der Waals surface area contributed by atoms with E-state index in [-0.39, 0.29) is 5.41 Å². The molecule has 3 aromatic rings. The summed E-state index contributed by atoms with van der Waals surface area (Å²) in [4.78, 5) is 11.2. The highest BCUT2D eigenvalue weighted by atomic mass is 16.5. The van der Waals surface area contributed by atoms with Gasteiger partial charge in [0.2, 0.25) is 5.88 Å². The summed E-state index contributed by atoms with van der Waals surface area (Å²) in [5, 5.41) is 13.8. The van der Waals surface area contributed by atoms with Crippen LogP contribution in [0, 0.1) is 17.2 Å². The third kappa shape index (κ3) is 3.63. The summed E-state index contributed by atoms with van der Waals surface area (Å²) in [6.45, 7) is 8.70. The van der Waals surface area contributed by atoms with Gasteiger partial charge in [-0.15, -0.1) is 5.10 Å². The van der Waals surface area contributed by atoms with Gasteiger partial charge < -0.3 is 9.64 Å². The molecule has 0 amide bonds. The molecule has 4 rings (SSSR count). The zero-order valence-electron chi connectivity index (χ0n) is 16.5. The van der Waals surface area contributed by atoms with E-state index in [9.17, 15) is 5.26 Å². The normalized spacial score (nSPS) is 17.1. The van der Waals surface area contributed by atoms with Crippen LogP contribution >= 0.6 is 0 Å². The van der Waals surface area contributed by atoms with Gasteiger partial charge in [0.15, 0.2) is 5.65 Å². The fraction of sp³-hybridized carbons (Fsp3) is 0.429. The molecule has 7 heteroatoms. The van der Waals surface area contributed by atoms with Crippen LogP contribution in [0.4, 0.5) is 5.82 Å². The average Bonchev–Trinajstić information content (AvgIpc) is 3.32. The standard InChI is InChI=1S/C21H24N6O/c1-21(2,3)17-13-27-18(24-17)6-7-19(25-27)28-14-15-8-10-26(12-15)20-16(11-22)5-4-9-23-20/h4-7,9,13,15H,8,10,12,14H2,1-3H3. The fourth-order valence-electron chi connectivity index (χ4n) is 3.40. The molecule has 1 atom stereocenters. The number of rotatable bonds is 4. The first kappa shape index (κ1) is 18.2. The Labute approximate surface area is 164 Å². The lowest BCUT2D eigenvalue weighted by Crippen LogP contribution is -2.23. The Morgan fingerprint density at radius 1 is 1.29 bits per heavy atom. The molecule has 1 fully saturated rings. The van der Waals surface area contributed by atoms with Crippen LogP contribution in [-0.4, -0.2) is 39.3 Å². The third-order valence-corrected chi connectivity index (χ3v) is 5.02. The highest BCUT2D eigenvalue weighted by molar-refractivity contribution is 5.54. The maximum absolute atomic E-state index is 9.28. The monoisotopic (exact) mass is 376 g/mol. The number of nitriles is 1. The van der Waals surface area contributed by atoms with Crippen molar-refractivity contribution in [2.24, 2.45) is 5.92 Å². The lowest BCUT2D eigenvalue weighted by molar-refractivity contribution is 0.249. The Kier molecular flexibility index (Phi) is 4.63. The van der Waals surface area contributed by atoms with Crippen molar-refractivity contribution in [3.63, 3.8) is 0 Å². The van der Waals surface area contributed by atoms with Gasteiger partial charge >= 0.3 is 0 Å². The molecule has 1 saturated heterocycles. The molecule has 0 bridgehead atoms. The van der Waals surface area contributed by atoms with Crippen LogP contribution in [-0.2, 0) is 5.41 Å². The van der Waals surface area contributed by atoms with Gasteiger partial charge in [-0.1, -0.05) is 20.8 Å². The van der Waals surface area contributed by atoms with Crippen molar-refractivity contribution in [3.8, 4) is 11.9 Å². The van der Waals surface area contributed by atoms with Gasteiger partial charge in [-0.3, -0.25) is 0 Å². The zero-order valence-corrected chi connectivity index (χ0v) is 16.5. The van der Waals surface area contributed by atoms with Gasteiger partial charge in [-0.25, -0.2) is 14.5 Å². The van der Waals surface area contributed by atoms with Crippen LogP contribution in [0.2, 0.25) is 0 Å². The Hall–Kier alpha value is -3.14. The molecule has 4 heterocycles. The molecule has 1 aliphatic rings. The molecule has 0 spiro atoms. The first-order valence-corrected chi connectivity index (χ1v) is 9.54. The maximum Gasteiger partial charge on any atom is 0.231 e. The molecule has 3 aromatic heterocycles. The molecular weight excluding hydrogens is 352 g/mol. The fourth-order valence-corrected chi connectivity index (χ4v) is 3.40. The van der Waals surface area contributed by atoms with Crippen LogP contribution in [0.15, 0.2) is 36.7 Å². The lowest BCUT2D eigenvalue weighted by Gasteiger charge is -2.18. The van der Waals surface area contributed by atoms with Crippen molar-refractivity contribution in [2.75, 3.05) is 24.6 Å². The molecule has 0 aliphatic carbocycles. The smallest absolute Gasteiger partial charge is 0.231 e. The van der Waals surface area contributed by atoms with Gasteiger partial charge in [0.05, 0.1) is 24.1 Å². The maximum atomic E-state index is 9.28. The summed E-state index contributed by atoms with van der Waals surface area (Å²) in [6.07, 6.45) is 4.70. The molecular formula is C21H24N6O. The number of pyridine rings is 1. The molecule has 1 aliphatic heterocycles. The first-order chi connectivity index (χ1) is 13.4. The van der Waals surface area contributed by atoms with Gasteiger partial charge in [0, 0.05) is 36.7 Å². The number of nitrogens with zero attached hydrogens (tertiary/aromatic N) is 6. The molecule has 144 valence electrons. The molecule has 28 heavy (non-hydrogen) atoms. The lowest BCUT2D eigenvalue weighted by atomic mass is 9.93. The van der Waals surface area contributed by atoms with E-state index >= 15 is 0 Å². The molecule has 7 nitrogen and oxygen atoms in total. The first-order valence-electron chi connectivity index (χ1n) is 9.54. The largest absolute Gasteiger partial charge is 0.476 e. The Morgan fingerprint density at radius 2 is 2.14 bits per heavy atom. The average molecular weight is 376 g/mol. The minimum absolute atomic E-state index is 0.0181.